The second-order valence-electron chi connectivity index (χ2n) is 5.78. The molecule has 28 heavy (non-hydrogen) atoms. The lowest BCUT2D eigenvalue weighted by atomic mass is 10.1. The van der Waals surface area contributed by atoms with Crippen LogP contribution in [0, 0.1) is 0 Å². The van der Waals surface area contributed by atoms with Gasteiger partial charge < -0.3 is 4.42 Å². The fourth-order valence-electron chi connectivity index (χ4n) is 2.57. The number of aromatic nitrogens is 1. The van der Waals surface area contributed by atoms with Gasteiger partial charge in [0.1, 0.15) is 5.52 Å². The summed E-state index contributed by atoms with van der Waals surface area (Å²) in [4.78, 5) is 29.5. The number of thiophene rings is 1. The van der Waals surface area contributed by atoms with Crippen molar-refractivity contribution < 1.29 is 14.0 Å². The summed E-state index contributed by atoms with van der Waals surface area (Å²) in [5.41, 5.74) is 7.73. The molecule has 0 atom stereocenters. The van der Waals surface area contributed by atoms with Gasteiger partial charge in [-0.3, -0.25) is 20.4 Å². The fourth-order valence-corrected chi connectivity index (χ4v) is 4.03. The van der Waals surface area contributed by atoms with Crippen molar-refractivity contribution in [3.8, 4) is 0 Å². The van der Waals surface area contributed by atoms with Gasteiger partial charge in [-0.15, -0.1) is 11.3 Å². The molecule has 0 saturated carbocycles. The zero-order chi connectivity index (χ0) is 19.3. The zero-order valence-corrected chi connectivity index (χ0v) is 16.2. The summed E-state index contributed by atoms with van der Waals surface area (Å²) < 4.78 is 5.71. The molecule has 2 amide bonds. The van der Waals surface area contributed by atoms with Gasteiger partial charge in [-0.25, -0.2) is 4.98 Å². The highest BCUT2D eigenvalue weighted by atomic mass is 32.2. The first kappa shape index (κ1) is 18.3. The molecule has 6 nitrogen and oxygen atoms in total. The summed E-state index contributed by atoms with van der Waals surface area (Å²) in [6, 6.07) is 18.3. The molecule has 8 heteroatoms. The van der Waals surface area contributed by atoms with Crippen LogP contribution in [0.2, 0.25) is 0 Å². The van der Waals surface area contributed by atoms with Gasteiger partial charge in [0.15, 0.2) is 5.58 Å². The van der Waals surface area contributed by atoms with Crippen LogP contribution < -0.4 is 10.9 Å². The third-order valence-corrected chi connectivity index (χ3v) is 5.67. The highest BCUT2D eigenvalue weighted by Crippen LogP contribution is 2.27. The number of thioether (sulfide) groups is 1. The summed E-state index contributed by atoms with van der Waals surface area (Å²) in [5.74, 6) is -0.213. The van der Waals surface area contributed by atoms with Crippen molar-refractivity contribution in [3.63, 3.8) is 0 Å². The molecule has 0 unspecified atom stereocenters. The molecule has 140 valence electrons. The number of nitrogens with one attached hydrogen (secondary N) is 2. The number of oxazole rings is 1. The van der Waals surface area contributed by atoms with E-state index in [1.54, 1.807) is 29.6 Å². The van der Waals surface area contributed by atoms with E-state index in [0.717, 1.165) is 16.7 Å². The molecular formula is C20H15N3O3S2. The standard InChI is InChI=1S/C20H15N3O3S2/c24-18(22-23-19(25)17-10-5-11-27-17)14-7-2-1-6-13(14)12-28-20-21-15-8-3-4-9-16(15)26-20/h1-11H,12H2,(H,22,24)(H,23,25). The van der Waals surface area contributed by atoms with Gasteiger partial charge in [0.25, 0.3) is 17.0 Å². The molecule has 2 N–H and O–H groups in total. The normalized spacial score (nSPS) is 10.7. The van der Waals surface area contributed by atoms with Crippen molar-refractivity contribution in [2.75, 3.05) is 0 Å². The van der Waals surface area contributed by atoms with Crippen molar-refractivity contribution in [2.24, 2.45) is 0 Å². The summed E-state index contributed by atoms with van der Waals surface area (Å²) >= 11 is 2.71. The lowest BCUT2D eigenvalue weighted by Crippen LogP contribution is -2.41. The third kappa shape index (κ3) is 4.08. The molecule has 0 radical (unpaired) electrons. The zero-order valence-electron chi connectivity index (χ0n) is 14.5. The fraction of sp³-hybridized carbons (Fsp3) is 0.0500. The van der Waals surface area contributed by atoms with E-state index in [1.807, 2.05) is 36.4 Å². The molecular weight excluding hydrogens is 394 g/mol. The van der Waals surface area contributed by atoms with Gasteiger partial charge in [-0.05, 0) is 35.2 Å². The Labute approximate surface area is 168 Å². The summed E-state index contributed by atoms with van der Waals surface area (Å²) in [5, 5.41) is 2.34. The number of fused-ring (bicyclic) bond motifs is 1. The molecule has 2 aromatic carbocycles. The molecule has 4 rings (SSSR count). The number of benzene rings is 2. The molecule has 0 bridgehead atoms. The van der Waals surface area contributed by atoms with E-state index in [1.165, 1.54) is 23.1 Å². The van der Waals surface area contributed by atoms with Crippen molar-refractivity contribution in [3.05, 3.63) is 82.0 Å². The highest BCUT2D eigenvalue weighted by molar-refractivity contribution is 7.98. The largest absolute Gasteiger partial charge is 0.431 e. The predicted molar refractivity (Wildman–Crippen MR) is 109 cm³/mol. The van der Waals surface area contributed by atoms with Crippen molar-refractivity contribution in [1.29, 1.82) is 0 Å². The number of amides is 2. The van der Waals surface area contributed by atoms with Gasteiger partial charge in [-0.2, -0.15) is 0 Å². The minimum Gasteiger partial charge on any atom is -0.431 e. The van der Waals surface area contributed by atoms with Crippen LogP contribution in [-0.4, -0.2) is 16.8 Å². The maximum Gasteiger partial charge on any atom is 0.279 e. The van der Waals surface area contributed by atoms with Crippen LogP contribution >= 0.6 is 23.1 Å². The maximum atomic E-state index is 12.5. The van der Waals surface area contributed by atoms with Crippen LogP contribution in [0.3, 0.4) is 0 Å². The molecule has 2 aromatic heterocycles. The Morgan fingerprint density at radius 1 is 0.964 bits per heavy atom. The molecule has 0 aliphatic carbocycles. The molecule has 0 fully saturated rings. The summed E-state index contributed by atoms with van der Waals surface area (Å²) in [6.07, 6.45) is 0. The molecule has 0 aliphatic rings. The van der Waals surface area contributed by atoms with E-state index in [-0.39, 0.29) is 11.8 Å². The van der Waals surface area contributed by atoms with Gasteiger partial charge in [0.05, 0.1) is 4.88 Å². The Balaban J connectivity index is 1.42. The first-order chi connectivity index (χ1) is 13.7. The van der Waals surface area contributed by atoms with Crippen LogP contribution in [0.4, 0.5) is 0 Å². The van der Waals surface area contributed by atoms with Gasteiger partial charge in [0.2, 0.25) is 0 Å². The molecule has 2 heterocycles. The number of hydrogen-bond acceptors (Lipinski definition) is 6. The Hall–Kier alpha value is -3.10. The molecule has 0 aliphatic heterocycles. The second-order valence-corrected chi connectivity index (χ2v) is 7.65. The Morgan fingerprint density at radius 3 is 2.57 bits per heavy atom. The average molecular weight is 409 g/mol. The van der Waals surface area contributed by atoms with E-state index in [4.69, 9.17) is 4.42 Å². The van der Waals surface area contributed by atoms with Crippen LogP contribution in [0.1, 0.15) is 25.6 Å². The topological polar surface area (TPSA) is 84.2 Å². The predicted octanol–water partition coefficient (Wildman–Crippen LogP) is 4.26. The summed E-state index contributed by atoms with van der Waals surface area (Å²) in [7, 11) is 0. The van der Waals surface area contributed by atoms with Crippen LogP contribution in [0.5, 0.6) is 0 Å². The van der Waals surface area contributed by atoms with E-state index in [2.05, 4.69) is 15.8 Å². The maximum absolute atomic E-state index is 12.5. The molecule has 4 aromatic rings. The Bertz CT molecular complexity index is 1090. The van der Waals surface area contributed by atoms with Gasteiger partial charge in [-0.1, -0.05) is 48.2 Å². The van der Waals surface area contributed by atoms with Crippen LogP contribution in [0.15, 0.2) is 75.7 Å². The van der Waals surface area contributed by atoms with Gasteiger partial charge in [0, 0.05) is 11.3 Å². The van der Waals surface area contributed by atoms with E-state index in [9.17, 15) is 9.59 Å². The van der Waals surface area contributed by atoms with Crippen molar-refractivity contribution in [2.45, 2.75) is 11.0 Å². The Kier molecular flexibility index (Phi) is 5.41. The lowest BCUT2D eigenvalue weighted by molar-refractivity contribution is 0.0848. The minimum atomic E-state index is -0.376. The molecule has 0 saturated heterocycles. The lowest BCUT2D eigenvalue weighted by Gasteiger charge is -2.10. The number of rotatable bonds is 5. The van der Waals surface area contributed by atoms with Crippen molar-refractivity contribution in [1.82, 2.24) is 15.8 Å². The van der Waals surface area contributed by atoms with Gasteiger partial charge >= 0.3 is 0 Å². The number of carbonyl (C=O) groups is 2. The molecule has 0 spiro atoms. The first-order valence-corrected chi connectivity index (χ1v) is 10.3. The van der Waals surface area contributed by atoms with E-state index >= 15 is 0 Å². The van der Waals surface area contributed by atoms with Crippen LogP contribution in [-0.2, 0) is 5.75 Å². The van der Waals surface area contributed by atoms with E-state index in [0.29, 0.717) is 21.4 Å². The van der Waals surface area contributed by atoms with E-state index < -0.39 is 0 Å². The number of hydrazine groups is 1. The number of nitrogens with zero attached hydrogens (tertiary/aromatic N) is 1. The number of carbonyl (C=O) groups excluding carboxylic acids is 2. The monoisotopic (exact) mass is 409 g/mol. The Morgan fingerprint density at radius 2 is 1.75 bits per heavy atom. The smallest absolute Gasteiger partial charge is 0.279 e. The highest BCUT2D eigenvalue weighted by Gasteiger charge is 2.14. The van der Waals surface area contributed by atoms with Crippen molar-refractivity contribution >= 4 is 46.0 Å². The number of para-hydroxylation sites is 2. The summed E-state index contributed by atoms with van der Waals surface area (Å²) in [6.45, 7) is 0. The quantitative estimate of drug-likeness (QED) is 0.380. The van der Waals surface area contributed by atoms with Crippen LogP contribution in [0.25, 0.3) is 11.1 Å². The third-order valence-electron chi connectivity index (χ3n) is 3.92. The first-order valence-electron chi connectivity index (χ1n) is 8.41. The average Bonchev–Trinajstić information content (AvgIpc) is 3.40. The minimum absolute atomic E-state index is 0.346. The SMILES string of the molecule is O=C(NNC(=O)c1ccccc1CSc1nc2ccccc2o1)c1cccs1. The second kappa shape index (κ2) is 8.28. The number of hydrogen-bond donors (Lipinski definition) is 2.